The smallest absolute Gasteiger partial charge is 0.408 e. The molecule has 0 aliphatic carbocycles. The molecule has 1 aliphatic rings. The molecular formula is C28H35ClN3O7P. The minimum absolute atomic E-state index is 0.00199. The van der Waals surface area contributed by atoms with Gasteiger partial charge >= 0.3 is 13.4 Å². The standard InChI is InChI=1S/C28H35ClN3O7P/c1-19-15-21(26(36-4)24-10-6-5-9-23(19)24)17-37-40(35,31(3)14-8-7-13-29)38-18-22-11-12-25(39-22)32-16-20(2)27(33)30-28(32)34/h5-6,9-12,15-16,22,25H,7-8,13-14,17-18H2,1-4H3,(H,30,33,34). The first-order valence-electron chi connectivity index (χ1n) is 13.0. The highest BCUT2D eigenvalue weighted by molar-refractivity contribution is 7.51. The van der Waals surface area contributed by atoms with Crippen molar-refractivity contribution in [1.82, 2.24) is 14.2 Å². The van der Waals surface area contributed by atoms with Gasteiger partial charge in [0.05, 0.1) is 20.3 Å². The summed E-state index contributed by atoms with van der Waals surface area (Å²) in [5.74, 6) is 1.16. The van der Waals surface area contributed by atoms with Crippen molar-refractivity contribution in [2.24, 2.45) is 0 Å². The van der Waals surface area contributed by atoms with Gasteiger partial charge < -0.3 is 9.47 Å². The van der Waals surface area contributed by atoms with E-state index in [2.05, 4.69) is 4.98 Å². The molecule has 0 radical (unpaired) electrons. The second-order valence-corrected chi connectivity index (χ2v) is 12.2. The van der Waals surface area contributed by atoms with Crippen LogP contribution < -0.4 is 16.0 Å². The Balaban J connectivity index is 1.50. The summed E-state index contributed by atoms with van der Waals surface area (Å²) in [7, 11) is -0.494. The predicted octanol–water partition coefficient (Wildman–Crippen LogP) is 5.06. The number of aromatic amines is 1. The summed E-state index contributed by atoms with van der Waals surface area (Å²) in [4.78, 5) is 26.3. The third-order valence-corrected chi connectivity index (χ3v) is 9.01. The Morgan fingerprint density at radius 2 is 1.85 bits per heavy atom. The molecule has 4 rings (SSSR count). The van der Waals surface area contributed by atoms with Crippen LogP contribution in [0.4, 0.5) is 0 Å². The van der Waals surface area contributed by atoms with Crippen molar-refractivity contribution in [3.05, 3.63) is 86.2 Å². The summed E-state index contributed by atoms with van der Waals surface area (Å²) in [5, 5.41) is 2.01. The van der Waals surface area contributed by atoms with Crippen LogP contribution in [0.25, 0.3) is 10.8 Å². The number of methoxy groups -OCH3 is 1. The molecule has 0 spiro atoms. The lowest BCUT2D eigenvalue weighted by molar-refractivity contribution is -0.0112. The molecule has 12 heteroatoms. The van der Waals surface area contributed by atoms with Crippen LogP contribution in [0.3, 0.4) is 0 Å². The lowest BCUT2D eigenvalue weighted by Gasteiger charge is -2.28. The number of nitrogens with one attached hydrogen (secondary N) is 1. The van der Waals surface area contributed by atoms with Crippen LogP contribution in [0.1, 0.15) is 35.8 Å². The maximum absolute atomic E-state index is 14.1. The number of benzene rings is 2. The molecule has 3 unspecified atom stereocenters. The summed E-state index contributed by atoms with van der Waals surface area (Å²) in [5.41, 5.74) is 1.15. The number of hydrogen-bond donors (Lipinski definition) is 1. The number of halogens is 1. The van der Waals surface area contributed by atoms with Crippen LogP contribution in [-0.4, -0.2) is 53.5 Å². The van der Waals surface area contributed by atoms with Crippen molar-refractivity contribution < 1.29 is 23.1 Å². The van der Waals surface area contributed by atoms with Crippen molar-refractivity contribution in [3.8, 4) is 5.75 Å². The third-order valence-electron chi connectivity index (χ3n) is 6.78. The quantitative estimate of drug-likeness (QED) is 0.127. The lowest BCUT2D eigenvalue weighted by atomic mass is 10.0. The van der Waals surface area contributed by atoms with E-state index in [4.69, 9.17) is 30.1 Å². The van der Waals surface area contributed by atoms with Gasteiger partial charge in [-0.1, -0.05) is 30.3 Å². The molecule has 1 N–H and O–H groups in total. The van der Waals surface area contributed by atoms with E-state index in [1.807, 2.05) is 37.3 Å². The second kappa shape index (κ2) is 13.3. The number of hydrogen-bond acceptors (Lipinski definition) is 7. The fourth-order valence-corrected chi connectivity index (χ4v) is 6.26. The highest BCUT2D eigenvalue weighted by Crippen LogP contribution is 2.53. The molecule has 0 amide bonds. The Morgan fingerprint density at radius 3 is 2.58 bits per heavy atom. The van der Waals surface area contributed by atoms with Gasteiger partial charge in [0.2, 0.25) is 0 Å². The van der Waals surface area contributed by atoms with E-state index in [0.29, 0.717) is 30.2 Å². The van der Waals surface area contributed by atoms with E-state index in [1.54, 1.807) is 37.9 Å². The van der Waals surface area contributed by atoms with Crippen molar-refractivity contribution in [3.63, 3.8) is 0 Å². The summed E-state index contributed by atoms with van der Waals surface area (Å²) in [6.07, 6.45) is 5.00. The molecule has 1 aromatic heterocycles. The number of rotatable bonds is 13. The van der Waals surface area contributed by atoms with Crippen molar-refractivity contribution >= 4 is 30.1 Å². The van der Waals surface area contributed by atoms with Gasteiger partial charge in [0.15, 0.2) is 6.23 Å². The van der Waals surface area contributed by atoms with Gasteiger partial charge in [-0.2, -0.15) is 0 Å². The SMILES string of the molecule is COc1c(COP(=O)(OCC2C=CC(n3cc(C)c(=O)[nH]c3=O)O2)N(C)CCCCCl)cc(C)c2ccccc12. The summed E-state index contributed by atoms with van der Waals surface area (Å²) in [6, 6.07) is 9.89. The number of aromatic nitrogens is 2. The fraction of sp³-hybridized carbons (Fsp3) is 0.429. The first-order chi connectivity index (χ1) is 19.2. The summed E-state index contributed by atoms with van der Waals surface area (Å²) < 4.78 is 40.6. The number of alkyl halides is 1. The van der Waals surface area contributed by atoms with Gasteiger partial charge in [0.1, 0.15) is 11.9 Å². The average molecular weight is 592 g/mol. The molecule has 3 atom stereocenters. The molecule has 1 aliphatic heterocycles. The molecule has 10 nitrogen and oxygen atoms in total. The van der Waals surface area contributed by atoms with Crippen LogP contribution in [-0.2, 0) is 25.0 Å². The zero-order valence-electron chi connectivity index (χ0n) is 23.1. The zero-order chi connectivity index (χ0) is 28.9. The van der Waals surface area contributed by atoms with E-state index in [0.717, 1.165) is 28.3 Å². The highest BCUT2D eigenvalue weighted by Gasteiger charge is 2.34. The van der Waals surface area contributed by atoms with Gasteiger partial charge in [-0.05, 0) is 56.8 Å². The van der Waals surface area contributed by atoms with E-state index >= 15 is 0 Å². The van der Waals surface area contributed by atoms with Crippen LogP contribution >= 0.6 is 19.3 Å². The fourth-order valence-electron chi connectivity index (χ4n) is 4.58. The minimum atomic E-state index is -3.79. The van der Waals surface area contributed by atoms with Gasteiger partial charge in [0, 0.05) is 35.1 Å². The van der Waals surface area contributed by atoms with E-state index in [1.165, 1.54) is 10.8 Å². The first-order valence-corrected chi connectivity index (χ1v) is 15.1. The Hall–Kier alpha value is -2.72. The van der Waals surface area contributed by atoms with Gasteiger partial charge in [-0.25, -0.2) is 14.0 Å². The first kappa shape index (κ1) is 30.2. The topological polar surface area (TPSA) is 112 Å². The minimum Gasteiger partial charge on any atom is -0.496 e. The number of fused-ring (bicyclic) bond motifs is 1. The number of ether oxygens (including phenoxy) is 2. The Bertz CT molecular complexity index is 1540. The number of H-pyrrole nitrogens is 1. The van der Waals surface area contributed by atoms with E-state index in [-0.39, 0.29) is 13.2 Å². The van der Waals surface area contributed by atoms with E-state index < -0.39 is 31.3 Å². The molecule has 216 valence electrons. The zero-order valence-corrected chi connectivity index (χ0v) is 24.7. The van der Waals surface area contributed by atoms with Crippen LogP contribution in [0.15, 0.2) is 58.3 Å². The second-order valence-electron chi connectivity index (χ2n) is 9.68. The molecular weight excluding hydrogens is 557 g/mol. The van der Waals surface area contributed by atoms with Gasteiger partial charge in [-0.15, -0.1) is 11.6 Å². The molecule has 0 fully saturated rings. The predicted molar refractivity (Wildman–Crippen MR) is 155 cm³/mol. The third kappa shape index (κ3) is 6.77. The molecule has 40 heavy (non-hydrogen) atoms. The van der Waals surface area contributed by atoms with Crippen LogP contribution in [0.2, 0.25) is 0 Å². The maximum atomic E-state index is 14.1. The number of aryl methyl sites for hydroxylation is 2. The monoisotopic (exact) mass is 591 g/mol. The normalized spacial score (nSPS) is 18.4. The molecule has 2 heterocycles. The summed E-state index contributed by atoms with van der Waals surface area (Å²) in [6.45, 7) is 3.99. The largest absolute Gasteiger partial charge is 0.496 e. The van der Waals surface area contributed by atoms with Crippen molar-refractivity contribution in [1.29, 1.82) is 0 Å². The molecule has 3 aromatic rings. The molecule has 0 bridgehead atoms. The highest BCUT2D eigenvalue weighted by atomic mass is 35.5. The van der Waals surface area contributed by atoms with Crippen molar-refractivity contribution in [2.75, 3.05) is 33.2 Å². The Morgan fingerprint density at radius 1 is 1.10 bits per heavy atom. The van der Waals surface area contributed by atoms with E-state index in [9.17, 15) is 14.2 Å². The Labute approximate surface area is 238 Å². The number of unbranched alkanes of at least 4 members (excludes halogenated alkanes) is 1. The van der Waals surface area contributed by atoms with Gasteiger partial charge in [0.25, 0.3) is 5.56 Å². The number of nitrogens with zero attached hydrogens (tertiary/aromatic N) is 2. The Kier molecular flexibility index (Phi) is 10.1. The molecule has 0 saturated heterocycles. The van der Waals surface area contributed by atoms with Crippen LogP contribution in [0.5, 0.6) is 5.75 Å². The van der Waals surface area contributed by atoms with Gasteiger partial charge in [-0.3, -0.25) is 23.4 Å². The lowest BCUT2D eigenvalue weighted by Crippen LogP contribution is -2.33. The van der Waals surface area contributed by atoms with Crippen molar-refractivity contribution in [2.45, 2.75) is 45.6 Å². The molecule has 0 saturated carbocycles. The van der Waals surface area contributed by atoms with Crippen LogP contribution in [0, 0.1) is 13.8 Å². The molecule has 2 aromatic carbocycles. The maximum Gasteiger partial charge on any atom is 0.408 e. The summed E-state index contributed by atoms with van der Waals surface area (Å²) >= 11 is 5.85. The average Bonchev–Trinajstić information content (AvgIpc) is 3.42.